The minimum atomic E-state index is -0.980. The lowest BCUT2D eigenvalue weighted by Crippen LogP contribution is -2.18. The lowest BCUT2D eigenvalue weighted by atomic mass is 10.1. The Hall–Kier alpha value is -1.02. The molecule has 0 aliphatic carbocycles. The average Bonchev–Trinajstić information content (AvgIpc) is 2.88. The van der Waals surface area contributed by atoms with Crippen molar-refractivity contribution < 1.29 is 10.2 Å². The van der Waals surface area contributed by atoms with Crippen LogP contribution in [0.2, 0.25) is 5.15 Å². The van der Waals surface area contributed by atoms with E-state index in [1.165, 1.54) is 10.9 Å². The fourth-order valence-electron chi connectivity index (χ4n) is 1.54. The van der Waals surface area contributed by atoms with Gasteiger partial charge < -0.3 is 10.2 Å². The SMILES string of the molecule is OC(CCBr)C(O)c1cnn(-c2ccc(Cl)nn2)c1. The number of hydrogen-bond donors (Lipinski definition) is 2. The van der Waals surface area contributed by atoms with Crippen LogP contribution in [0.25, 0.3) is 5.82 Å². The molecule has 2 heterocycles. The van der Waals surface area contributed by atoms with E-state index in [9.17, 15) is 10.2 Å². The van der Waals surface area contributed by atoms with Crippen LogP contribution in [0.15, 0.2) is 24.5 Å². The molecule has 6 nitrogen and oxygen atoms in total. The van der Waals surface area contributed by atoms with Crippen molar-refractivity contribution in [3.05, 3.63) is 35.2 Å². The Kier molecular flexibility index (Phi) is 4.87. The third kappa shape index (κ3) is 3.50. The van der Waals surface area contributed by atoms with Crippen LogP contribution in [-0.4, -0.2) is 41.6 Å². The molecule has 102 valence electrons. The molecule has 0 aromatic carbocycles. The second-order valence-electron chi connectivity index (χ2n) is 3.92. The molecule has 2 atom stereocenters. The summed E-state index contributed by atoms with van der Waals surface area (Å²) in [5, 5.41) is 32.2. The second kappa shape index (κ2) is 6.42. The van der Waals surface area contributed by atoms with E-state index in [4.69, 9.17) is 11.6 Å². The summed E-state index contributed by atoms with van der Waals surface area (Å²) in [6.45, 7) is 0. The Balaban J connectivity index is 2.16. The normalized spacial score (nSPS) is 14.3. The van der Waals surface area contributed by atoms with Crippen LogP contribution in [0.4, 0.5) is 0 Å². The van der Waals surface area contributed by atoms with Gasteiger partial charge in [0.15, 0.2) is 11.0 Å². The molecule has 0 radical (unpaired) electrons. The molecule has 0 saturated carbocycles. The highest BCUT2D eigenvalue weighted by Gasteiger charge is 2.19. The maximum atomic E-state index is 9.94. The number of alkyl halides is 1. The molecule has 2 aromatic rings. The number of aliphatic hydroxyl groups excluding tert-OH is 2. The summed E-state index contributed by atoms with van der Waals surface area (Å²) < 4.78 is 1.46. The van der Waals surface area contributed by atoms with Gasteiger partial charge >= 0.3 is 0 Å². The van der Waals surface area contributed by atoms with Gasteiger partial charge in [0.25, 0.3) is 0 Å². The van der Waals surface area contributed by atoms with Crippen molar-refractivity contribution in [3.8, 4) is 5.82 Å². The Bertz CT molecular complexity index is 534. The Labute approximate surface area is 123 Å². The molecular weight excluding hydrogens is 336 g/mol. The lowest BCUT2D eigenvalue weighted by molar-refractivity contribution is 0.0173. The maximum Gasteiger partial charge on any atom is 0.175 e. The maximum absolute atomic E-state index is 9.94. The zero-order valence-electron chi connectivity index (χ0n) is 9.82. The van der Waals surface area contributed by atoms with E-state index < -0.39 is 12.2 Å². The summed E-state index contributed by atoms with van der Waals surface area (Å²) in [5.74, 6) is 0.484. The first-order chi connectivity index (χ1) is 9.11. The van der Waals surface area contributed by atoms with Gasteiger partial charge in [0, 0.05) is 17.1 Å². The van der Waals surface area contributed by atoms with Gasteiger partial charge in [0.1, 0.15) is 6.10 Å². The first-order valence-corrected chi connectivity index (χ1v) is 7.08. The fraction of sp³-hybridized carbons (Fsp3) is 0.364. The number of hydrogen-bond acceptors (Lipinski definition) is 5. The molecule has 0 spiro atoms. The fourth-order valence-corrected chi connectivity index (χ4v) is 2.11. The molecule has 2 rings (SSSR count). The van der Waals surface area contributed by atoms with Gasteiger partial charge in [0.2, 0.25) is 0 Å². The number of rotatable bonds is 5. The zero-order valence-corrected chi connectivity index (χ0v) is 12.2. The highest BCUT2D eigenvalue weighted by atomic mass is 79.9. The van der Waals surface area contributed by atoms with Crippen molar-refractivity contribution in [2.45, 2.75) is 18.6 Å². The summed E-state index contributed by atoms with van der Waals surface area (Å²) in [6, 6.07) is 3.26. The van der Waals surface area contributed by atoms with Crippen molar-refractivity contribution in [1.29, 1.82) is 0 Å². The summed E-state index contributed by atoms with van der Waals surface area (Å²) >= 11 is 8.87. The van der Waals surface area contributed by atoms with Crippen LogP contribution in [0.3, 0.4) is 0 Å². The topological polar surface area (TPSA) is 84.1 Å². The molecule has 0 fully saturated rings. The highest BCUT2D eigenvalue weighted by molar-refractivity contribution is 9.09. The quantitative estimate of drug-likeness (QED) is 0.801. The monoisotopic (exact) mass is 346 g/mol. The van der Waals surface area contributed by atoms with Crippen LogP contribution in [-0.2, 0) is 0 Å². The summed E-state index contributed by atoms with van der Waals surface area (Å²) in [4.78, 5) is 0. The first-order valence-electron chi connectivity index (χ1n) is 5.58. The number of aliphatic hydroxyl groups is 2. The highest BCUT2D eigenvalue weighted by Crippen LogP contribution is 2.20. The molecule has 8 heteroatoms. The molecule has 0 amide bonds. The first kappa shape index (κ1) is 14.4. The molecule has 19 heavy (non-hydrogen) atoms. The number of nitrogens with zero attached hydrogens (tertiary/aromatic N) is 4. The second-order valence-corrected chi connectivity index (χ2v) is 5.10. The van der Waals surface area contributed by atoms with Crippen molar-refractivity contribution >= 4 is 27.5 Å². The molecule has 0 aliphatic rings. The van der Waals surface area contributed by atoms with Crippen LogP contribution in [0, 0.1) is 0 Å². The van der Waals surface area contributed by atoms with E-state index in [1.54, 1.807) is 18.3 Å². The molecule has 2 unspecified atom stereocenters. The van der Waals surface area contributed by atoms with Gasteiger partial charge in [-0.25, -0.2) is 4.68 Å². The largest absolute Gasteiger partial charge is 0.390 e. The third-order valence-electron chi connectivity index (χ3n) is 2.57. The minimum absolute atomic E-state index is 0.295. The summed E-state index contributed by atoms with van der Waals surface area (Å²) in [6.07, 6.45) is 1.71. The van der Waals surface area contributed by atoms with Gasteiger partial charge in [-0.05, 0) is 18.6 Å². The van der Waals surface area contributed by atoms with Gasteiger partial charge in [-0.3, -0.25) is 0 Å². The van der Waals surface area contributed by atoms with Crippen molar-refractivity contribution in [2.24, 2.45) is 0 Å². The van der Waals surface area contributed by atoms with Gasteiger partial charge in [-0.2, -0.15) is 5.10 Å². The average molecular weight is 348 g/mol. The van der Waals surface area contributed by atoms with Gasteiger partial charge in [-0.15, -0.1) is 10.2 Å². The van der Waals surface area contributed by atoms with E-state index in [2.05, 4.69) is 31.2 Å². The molecule has 2 N–H and O–H groups in total. The molecule has 0 saturated heterocycles. The third-order valence-corrected chi connectivity index (χ3v) is 3.23. The molecule has 0 aliphatic heterocycles. The smallest absolute Gasteiger partial charge is 0.175 e. The van der Waals surface area contributed by atoms with Crippen LogP contribution >= 0.6 is 27.5 Å². The van der Waals surface area contributed by atoms with E-state index in [-0.39, 0.29) is 0 Å². The van der Waals surface area contributed by atoms with Crippen molar-refractivity contribution in [2.75, 3.05) is 5.33 Å². The molecule has 2 aromatic heterocycles. The molecular formula is C11H12BrClN4O2. The summed E-state index contributed by atoms with van der Waals surface area (Å²) in [7, 11) is 0. The predicted molar refractivity (Wildman–Crippen MR) is 73.5 cm³/mol. The lowest BCUT2D eigenvalue weighted by Gasteiger charge is -2.14. The van der Waals surface area contributed by atoms with Crippen LogP contribution in [0.1, 0.15) is 18.1 Å². The number of halogens is 2. The standard InChI is InChI=1S/C11H12BrClN4O2/c12-4-3-8(18)11(19)7-5-14-17(6-7)10-2-1-9(13)15-16-10/h1-2,5-6,8,11,18-19H,3-4H2. The van der Waals surface area contributed by atoms with Crippen molar-refractivity contribution in [1.82, 2.24) is 20.0 Å². The van der Waals surface area contributed by atoms with E-state index in [0.29, 0.717) is 28.3 Å². The van der Waals surface area contributed by atoms with Crippen LogP contribution in [0.5, 0.6) is 0 Å². The predicted octanol–water partition coefficient (Wildman–Crippen LogP) is 1.49. The summed E-state index contributed by atoms with van der Waals surface area (Å²) in [5.41, 5.74) is 0.519. The Morgan fingerprint density at radius 1 is 1.32 bits per heavy atom. The molecule has 0 bridgehead atoms. The van der Waals surface area contributed by atoms with E-state index in [0.717, 1.165) is 0 Å². The zero-order chi connectivity index (χ0) is 13.8. The van der Waals surface area contributed by atoms with Gasteiger partial charge in [0.05, 0.1) is 12.3 Å². The van der Waals surface area contributed by atoms with E-state index >= 15 is 0 Å². The minimum Gasteiger partial charge on any atom is -0.390 e. The van der Waals surface area contributed by atoms with Crippen LogP contribution < -0.4 is 0 Å². The Morgan fingerprint density at radius 3 is 2.74 bits per heavy atom. The Morgan fingerprint density at radius 2 is 2.11 bits per heavy atom. The van der Waals surface area contributed by atoms with E-state index in [1.807, 2.05) is 0 Å². The van der Waals surface area contributed by atoms with Gasteiger partial charge in [-0.1, -0.05) is 27.5 Å². The van der Waals surface area contributed by atoms with Crippen molar-refractivity contribution in [3.63, 3.8) is 0 Å². The number of aromatic nitrogens is 4.